The Hall–Kier alpha value is -1.66. The smallest absolute Gasteiger partial charge is 0.267 e. The van der Waals surface area contributed by atoms with Crippen LogP contribution in [0.15, 0.2) is 18.2 Å². The zero-order valence-corrected chi connectivity index (χ0v) is 12.8. The van der Waals surface area contributed by atoms with Crippen molar-refractivity contribution < 1.29 is 9.90 Å². The van der Waals surface area contributed by atoms with E-state index in [2.05, 4.69) is 15.2 Å². The fraction of sp³-hybridized carbons (Fsp3) is 0.625. The Morgan fingerprint density at radius 3 is 2.86 bits per heavy atom. The van der Waals surface area contributed by atoms with Gasteiger partial charge in [0.25, 0.3) is 5.91 Å². The Kier molecular flexibility index (Phi) is 4.31. The van der Waals surface area contributed by atoms with Crippen LogP contribution in [0.2, 0.25) is 0 Å². The minimum atomic E-state index is -0.492. The second-order valence-corrected chi connectivity index (χ2v) is 6.43. The van der Waals surface area contributed by atoms with Gasteiger partial charge in [0.15, 0.2) is 0 Å². The summed E-state index contributed by atoms with van der Waals surface area (Å²) in [6, 6.07) is 5.40. The number of piperidine rings is 2. The molecule has 0 aromatic carbocycles. The zero-order chi connectivity index (χ0) is 15.6. The lowest BCUT2D eigenvalue weighted by Gasteiger charge is -2.49. The number of aliphatic hydroxyl groups is 1. The van der Waals surface area contributed by atoms with Crippen molar-refractivity contribution in [2.24, 2.45) is 17.1 Å². The number of nitrogens with one attached hydrogen (secondary N) is 1. The molecule has 1 spiro atoms. The summed E-state index contributed by atoms with van der Waals surface area (Å²) in [5.74, 6) is 0.669. The predicted octanol–water partition coefficient (Wildman–Crippen LogP) is 0.369. The molecule has 1 atom stereocenters. The predicted molar refractivity (Wildman–Crippen MR) is 84.7 cm³/mol. The van der Waals surface area contributed by atoms with Crippen molar-refractivity contribution in [2.45, 2.75) is 19.3 Å². The Balaban J connectivity index is 1.71. The quantitative estimate of drug-likeness (QED) is 0.750. The van der Waals surface area contributed by atoms with Crippen molar-refractivity contribution in [2.75, 3.05) is 37.7 Å². The number of carbonyl (C=O) groups excluding carboxylic acids is 1. The second kappa shape index (κ2) is 6.22. The first kappa shape index (κ1) is 15.2. The molecule has 6 nitrogen and oxygen atoms in total. The van der Waals surface area contributed by atoms with Gasteiger partial charge in [-0.2, -0.15) is 0 Å². The molecule has 6 heteroatoms. The van der Waals surface area contributed by atoms with E-state index < -0.39 is 5.91 Å². The molecule has 4 N–H and O–H groups in total. The molecule has 0 saturated carbocycles. The van der Waals surface area contributed by atoms with Gasteiger partial charge in [-0.05, 0) is 43.4 Å². The van der Waals surface area contributed by atoms with Gasteiger partial charge in [0, 0.05) is 32.2 Å². The molecule has 22 heavy (non-hydrogen) atoms. The molecular weight excluding hydrogens is 280 g/mol. The maximum atomic E-state index is 11.3. The largest absolute Gasteiger partial charge is 0.396 e. The Morgan fingerprint density at radius 1 is 1.41 bits per heavy atom. The molecular formula is C16H24N4O2. The van der Waals surface area contributed by atoms with Crippen LogP contribution >= 0.6 is 0 Å². The number of pyridine rings is 1. The molecule has 1 aromatic heterocycles. The van der Waals surface area contributed by atoms with E-state index in [1.807, 2.05) is 12.1 Å². The van der Waals surface area contributed by atoms with Gasteiger partial charge in [-0.1, -0.05) is 6.07 Å². The molecule has 2 aliphatic rings. The van der Waals surface area contributed by atoms with E-state index >= 15 is 0 Å². The first-order chi connectivity index (χ1) is 10.6. The molecule has 1 amide bonds. The summed E-state index contributed by atoms with van der Waals surface area (Å²) in [7, 11) is 0. The van der Waals surface area contributed by atoms with Crippen LogP contribution in [-0.2, 0) is 0 Å². The molecule has 3 rings (SSSR count). The maximum Gasteiger partial charge on any atom is 0.267 e. The van der Waals surface area contributed by atoms with Crippen LogP contribution in [0.3, 0.4) is 0 Å². The minimum Gasteiger partial charge on any atom is -0.396 e. The highest BCUT2D eigenvalue weighted by Crippen LogP contribution is 2.43. The Bertz CT molecular complexity index is 541. The Labute approximate surface area is 130 Å². The van der Waals surface area contributed by atoms with E-state index in [1.54, 1.807) is 6.07 Å². The summed E-state index contributed by atoms with van der Waals surface area (Å²) >= 11 is 0. The van der Waals surface area contributed by atoms with Gasteiger partial charge in [0.2, 0.25) is 0 Å². The average Bonchev–Trinajstić information content (AvgIpc) is 2.56. The van der Waals surface area contributed by atoms with Gasteiger partial charge in [-0.25, -0.2) is 4.98 Å². The van der Waals surface area contributed by atoms with E-state index in [0.717, 1.165) is 51.3 Å². The summed E-state index contributed by atoms with van der Waals surface area (Å²) in [5, 5.41) is 13.1. The van der Waals surface area contributed by atoms with Crippen molar-refractivity contribution in [1.29, 1.82) is 0 Å². The minimum absolute atomic E-state index is 0.248. The van der Waals surface area contributed by atoms with Crippen LogP contribution in [-0.4, -0.2) is 48.8 Å². The number of nitrogens with two attached hydrogens (primary N) is 1. The third-order valence-electron chi connectivity index (χ3n) is 5.35. The standard InChI is InChI=1S/C16H24N4O2/c17-15(22)13-2-1-3-14(19-13)20-8-5-16(6-9-20)4-7-18-10-12(16)11-21/h1-3,12,18,21H,4-11H2,(H2,17,22). The van der Waals surface area contributed by atoms with Crippen LogP contribution < -0.4 is 16.0 Å². The van der Waals surface area contributed by atoms with Crippen LogP contribution in [0.25, 0.3) is 0 Å². The van der Waals surface area contributed by atoms with Crippen LogP contribution in [0.4, 0.5) is 5.82 Å². The summed E-state index contributed by atoms with van der Waals surface area (Å²) in [4.78, 5) is 17.8. The van der Waals surface area contributed by atoms with Crippen LogP contribution in [0, 0.1) is 11.3 Å². The van der Waals surface area contributed by atoms with E-state index in [-0.39, 0.29) is 12.0 Å². The number of anilines is 1. The van der Waals surface area contributed by atoms with Crippen molar-refractivity contribution in [1.82, 2.24) is 10.3 Å². The van der Waals surface area contributed by atoms with E-state index in [0.29, 0.717) is 11.6 Å². The van der Waals surface area contributed by atoms with Crippen molar-refractivity contribution in [3.63, 3.8) is 0 Å². The number of hydrogen-bond acceptors (Lipinski definition) is 5. The molecule has 2 saturated heterocycles. The van der Waals surface area contributed by atoms with Gasteiger partial charge in [0.1, 0.15) is 11.5 Å². The second-order valence-electron chi connectivity index (χ2n) is 6.43. The molecule has 1 aromatic rings. The molecule has 120 valence electrons. The fourth-order valence-electron chi connectivity index (χ4n) is 3.87. The van der Waals surface area contributed by atoms with Crippen molar-refractivity contribution >= 4 is 11.7 Å². The zero-order valence-electron chi connectivity index (χ0n) is 12.8. The first-order valence-electron chi connectivity index (χ1n) is 7.98. The summed E-state index contributed by atoms with van der Waals surface area (Å²) < 4.78 is 0. The highest BCUT2D eigenvalue weighted by atomic mass is 16.3. The lowest BCUT2D eigenvalue weighted by molar-refractivity contribution is 0.0326. The highest BCUT2D eigenvalue weighted by molar-refractivity contribution is 5.91. The summed E-state index contributed by atoms with van der Waals surface area (Å²) in [5.41, 5.74) is 5.87. The van der Waals surface area contributed by atoms with Gasteiger partial charge >= 0.3 is 0 Å². The number of rotatable bonds is 3. The van der Waals surface area contributed by atoms with Gasteiger partial charge in [-0.3, -0.25) is 4.79 Å². The molecule has 0 bridgehead atoms. The van der Waals surface area contributed by atoms with Crippen molar-refractivity contribution in [3.05, 3.63) is 23.9 Å². The number of nitrogens with zero attached hydrogens (tertiary/aromatic N) is 2. The van der Waals surface area contributed by atoms with Gasteiger partial charge in [0.05, 0.1) is 0 Å². The molecule has 3 heterocycles. The summed E-state index contributed by atoms with van der Waals surface area (Å²) in [6.45, 7) is 4.01. The monoisotopic (exact) mass is 304 g/mol. The first-order valence-corrected chi connectivity index (χ1v) is 7.98. The van der Waals surface area contributed by atoms with E-state index in [1.165, 1.54) is 0 Å². The number of primary amides is 1. The van der Waals surface area contributed by atoms with E-state index in [9.17, 15) is 9.90 Å². The highest BCUT2D eigenvalue weighted by Gasteiger charge is 2.42. The van der Waals surface area contributed by atoms with Gasteiger partial charge < -0.3 is 21.1 Å². The fourth-order valence-corrected chi connectivity index (χ4v) is 3.87. The lowest BCUT2D eigenvalue weighted by Crippen LogP contribution is -2.52. The van der Waals surface area contributed by atoms with E-state index in [4.69, 9.17) is 5.73 Å². The number of hydrogen-bond donors (Lipinski definition) is 3. The topological polar surface area (TPSA) is 91.5 Å². The maximum absolute atomic E-state index is 11.3. The number of amides is 1. The average molecular weight is 304 g/mol. The number of carbonyl (C=O) groups is 1. The number of aromatic nitrogens is 1. The number of aliphatic hydroxyl groups excluding tert-OH is 1. The third kappa shape index (κ3) is 2.80. The molecule has 0 radical (unpaired) electrons. The summed E-state index contributed by atoms with van der Waals surface area (Å²) in [6.07, 6.45) is 3.24. The molecule has 0 aliphatic carbocycles. The van der Waals surface area contributed by atoms with Crippen LogP contribution in [0.5, 0.6) is 0 Å². The molecule has 1 unspecified atom stereocenters. The van der Waals surface area contributed by atoms with Crippen molar-refractivity contribution in [3.8, 4) is 0 Å². The normalized spacial score (nSPS) is 24.4. The molecule has 2 aliphatic heterocycles. The SMILES string of the molecule is NC(=O)c1cccc(N2CCC3(CCNCC3CO)CC2)n1. The third-order valence-corrected chi connectivity index (χ3v) is 5.35. The van der Waals surface area contributed by atoms with Gasteiger partial charge in [-0.15, -0.1) is 0 Å². The van der Waals surface area contributed by atoms with Crippen LogP contribution in [0.1, 0.15) is 29.8 Å². The molecule has 2 fully saturated rings. The lowest BCUT2D eigenvalue weighted by atomic mass is 9.65. The Morgan fingerprint density at radius 2 is 2.18 bits per heavy atom.